The number of benzene rings is 3. The molecule has 42 heavy (non-hydrogen) atoms. The van der Waals surface area contributed by atoms with Gasteiger partial charge in [-0.3, -0.25) is 0 Å². The van der Waals surface area contributed by atoms with Gasteiger partial charge in [-0.15, -0.1) is 45.3 Å². The van der Waals surface area contributed by atoms with E-state index in [2.05, 4.69) is 152 Å². The van der Waals surface area contributed by atoms with Gasteiger partial charge in [0.05, 0.1) is 53.6 Å². The molecule has 3 aromatic carbocycles. The SMILES string of the molecule is C[Si](C)(C)c1ccc(-c2sc3c(sc4cc5c(cc43)sc3c(Br)c(-c4ccc([Si](C)(C)C)cc4Br)sc35)c2Br)c(Br)c1. The lowest BCUT2D eigenvalue weighted by atomic mass is 10.2. The molecule has 0 spiro atoms. The van der Waals surface area contributed by atoms with Crippen LogP contribution in [-0.4, -0.2) is 16.1 Å². The van der Waals surface area contributed by atoms with E-state index in [1.807, 2.05) is 45.3 Å². The second kappa shape index (κ2) is 10.7. The minimum Gasteiger partial charge on any atom is -0.133 e. The fourth-order valence-corrected chi connectivity index (χ4v) is 16.7. The van der Waals surface area contributed by atoms with E-state index in [1.165, 1.54) is 88.1 Å². The monoisotopic (exact) mass is 910 g/mol. The first-order valence-corrected chi connectivity index (χ1v) is 27.0. The van der Waals surface area contributed by atoms with Crippen LogP contribution in [0.1, 0.15) is 0 Å². The Morgan fingerprint density at radius 3 is 1.19 bits per heavy atom. The van der Waals surface area contributed by atoms with Gasteiger partial charge in [0.1, 0.15) is 0 Å². The van der Waals surface area contributed by atoms with Crippen molar-refractivity contribution in [3.05, 3.63) is 66.4 Å². The third-order valence-electron chi connectivity index (χ3n) is 7.77. The van der Waals surface area contributed by atoms with E-state index in [1.54, 1.807) is 0 Å². The Labute approximate surface area is 297 Å². The van der Waals surface area contributed by atoms with E-state index in [4.69, 9.17) is 0 Å². The van der Waals surface area contributed by atoms with Gasteiger partial charge in [0.25, 0.3) is 0 Å². The zero-order valence-corrected chi connectivity index (χ0v) is 35.4. The molecule has 7 aromatic rings. The maximum Gasteiger partial charge on any atom is 0.0776 e. The molecular formula is C32H26Br4S4Si2. The summed E-state index contributed by atoms with van der Waals surface area (Å²) in [4.78, 5) is 2.61. The molecule has 7 rings (SSSR count). The number of fused-ring (bicyclic) bond motifs is 6. The first-order valence-electron chi connectivity index (χ1n) is 13.5. The van der Waals surface area contributed by atoms with Gasteiger partial charge in [0.15, 0.2) is 0 Å². The molecule has 0 N–H and O–H groups in total. The molecular weight excluding hydrogens is 888 g/mol. The molecule has 10 heteroatoms. The van der Waals surface area contributed by atoms with E-state index in [-0.39, 0.29) is 0 Å². The van der Waals surface area contributed by atoms with Crippen molar-refractivity contribution in [2.75, 3.05) is 0 Å². The van der Waals surface area contributed by atoms with Crippen LogP contribution < -0.4 is 10.4 Å². The molecule has 0 atom stereocenters. The summed E-state index contributed by atoms with van der Waals surface area (Å²) in [6.07, 6.45) is 0. The van der Waals surface area contributed by atoms with E-state index >= 15 is 0 Å². The molecule has 0 saturated carbocycles. The molecule has 214 valence electrons. The van der Waals surface area contributed by atoms with Crippen molar-refractivity contribution in [2.45, 2.75) is 39.3 Å². The summed E-state index contributed by atoms with van der Waals surface area (Å²) < 4.78 is 13.0. The smallest absolute Gasteiger partial charge is 0.0776 e. The van der Waals surface area contributed by atoms with Crippen LogP contribution in [0.4, 0.5) is 0 Å². The summed E-state index contributed by atoms with van der Waals surface area (Å²) in [7, 11) is -2.74. The van der Waals surface area contributed by atoms with Crippen molar-refractivity contribution in [2.24, 2.45) is 0 Å². The molecule has 4 aromatic heterocycles. The van der Waals surface area contributed by atoms with Crippen LogP contribution in [0.2, 0.25) is 39.3 Å². The number of hydrogen-bond acceptors (Lipinski definition) is 4. The van der Waals surface area contributed by atoms with Crippen molar-refractivity contribution in [3.8, 4) is 20.9 Å². The van der Waals surface area contributed by atoms with Crippen molar-refractivity contribution >= 4 is 175 Å². The van der Waals surface area contributed by atoms with Crippen LogP contribution in [0.25, 0.3) is 59.9 Å². The van der Waals surface area contributed by atoms with Gasteiger partial charge in [-0.2, -0.15) is 0 Å². The molecule has 4 heterocycles. The molecule has 0 bridgehead atoms. The predicted octanol–water partition coefficient (Wildman–Crippen LogP) is 14.0. The summed E-state index contributed by atoms with van der Waals surface area (Å²) in [5, 5.41) is 5.68. The summed E-state index contributed by atoms with van der Waals surface area (Å²) in [6.45, 7) is 14.4. The average Bonchev–Trinajstić information content (AvgIpc) is 3.62. The van der Waals surface area contributed by atoms with E-state index in [0.29, 0.717) is 0 Å². The first kappa shape index (κ1) is 30.5. The zero-order chi connectivity index (χ0) is 29.9. The number of hydrogen-bond donors (Lipinski definition) is 0. The summed E-state index contributed by atoms with van der Waals surface area (Å²) in [6, 6.07) is 18.8. The Bertz CT molecular complexity index is 2060. The second-order valence-electron chi connectivity index (χ2n) is 12.7. The minimum atomic E-state index is -1.37. The Kier molecular flexibility index (Phi) is 7.78. The lowest BCUT2D eigenvalue weighted by molar-refractivity contribution is 1.63. The standard InChI is InChI=1S/C32H26Br4S4Si2/c1-41(2,3)15-7-9-17(21(33)11-15)27-25(35)31-29(39-27)19-13-24-20(14-23(19)37-31)30-32(38-24)26(36)28(40-30)18-10-8-16(12-22(18)34)42(4,5)6/h7-14H,1-6H3. The number of rotatable bonds is 4. The van der Waals surface area contributed by atoms with Crippen LogP contribution in [0.15, 0.2) is 66.4 Å². The van der Waals surface area contributed by atoms with Gasteiger partial charge in [0, 0.05) is 40.2 Å². The van der Waals surface area contributed by atoms with Gasteiger partial charge in [-0.25, -0.2) is 0 Å². The summed E-state index contributed by atoms with van der Waals surface area (Å²) in [5.74, 6) is 0. The van der Waals surface area contributed by atoms with Gasteiger partial charge < -0.3 is 0 Å². The molecule has 0 radical (unpaired) electrons. The lowest BCUT2D eigenvalue weighted by Crippen LogP contribution is -2.37. The van der Waals surface area contributed by atoms with Crippen LogP contribution in [-0.2, 0) is 0 Å². The molecule has 0 aliphatic carbocycles. The van der Waals surface area contributed by atoms with Crippen molar-refractivity contribution in [1.29, 1.82) is 0 Å². The van der Waals surface area contributed by atoms with E-state index in [0.717, 1.165) is 0 Å². The molecule has 0 aliphatic heterocycles. The Morgan fingerprint density at radius 1 is 0.476 bits per heavy atom. The van der Waals surface area contributed by atoms with Crippen LogP contribution in [0.5, 0.6) is 0 Å². The average molecular weight is 915 g/mol. The van der Waals surface area contributed by atoms with Crippen molar-refractivity contribution in [1.82, 2.24) is 0 Å². The topological polar surface area (TPSA) is 0 Å². The predicted molar refractivity (Wildman–Crippen MR) is 216 cm³/mol. The zero-order valence-electron chi connectivity index (χ0n) is 23.8. The fourth-order valence-electron chi connectivity index (χ4n) is 5.31. The molecule has 0 unspecified atom stereocenters. The highest BCUT2D eigenvalue weighted by atomic mass is 79.9. The van der Waals surface area contributed by atoms with Crippen molar-refractivity contribution in [3.63, 3.8) is 0 Å². The summed E-state index contributed by atoms with van der Waals surface area (Å²) in [5.41, 5.74) is 2.53. The molecule has 0 nitrogen and oxygen atoms in total. The lowest BCUT2D eigenvalue weighted by Gasteiger charge is -2.18. The normalized spacial score (nSPS) is 13.0. The van der Waals surface area contributed by atoms with Crippen LogP contribution in [0, 0.1) is 0 Å². The highest BCUT2D eigenvalue weighted by Gasteiger charge is 2.24. The van der Waals surface area contributed by atoms with Crippen LogP contribution >= 0.6 is 109 Å². The van der Waals surface area contributed by atoms with E-state index < -0.39 is 16.1 Å². The third kappa shape index (κ3) is 4.99. The molecule has 0 fully saturated rings. The minimum absolute atomic E-state index is 1.18. The highest BCUT2D eigenvalue weighted by molar-refractivity contribution is 9.11. The summed E-state index contributed by atoms with van der Waals surface area (Å²) >= 11 is 23.5. The number of halogens is 4. The van der Waals surface area contributed by atoms with Gasteiger partial charge >= 0.3 is 0 Å². The quantitative estimate of drug-likeness (QED) is 0.154. The Morgan fingerprint density at radius 2 is 0.857 bits per heavy atom. The van der Waals surface area contributed by atoms with Crippen LogP contribution in [0.3, 0.4) is 0 Å². The van der Waals surface area contributed by atoms with Crippen molar-refractivity contribution < 1.29 is 0 Å². The molecule has 0 aliphatic rings. The fraction of sp³-hybridized carbons (Fsp3) is 0.188. The van der Waals surface area contributed by atoms with Gasteiger partial charge in [0.2, 0.25) is 0 Å². The van der Waals surface area contributed by atoms with Gasteiger partial charge in [-0.05, 0) is 56.1 Å². The number of thiophene rings is 4. The largest absolute Gasteiger partial charge is 0.133 e. The third-order valence-corrected chi connectivity index (χ3v) is 20.9. The van der Waals surface area contributed by atoms with Gasteiger partial charge in [-0.1, -0.05) is 106 Å². The Hall–Kier alpha value is -0.146. The maximum absolute atomic E-state index is 4.01. The first-order chi connectivity index (χ1) is 19.7. The maximum atomic E-state index is 4.01. The molecule has 0 amide bonds. The van der Waals surface area contributed by atoms with E-state index in [9.17, 15) is 0 Å². The second-order valence-corrected chi connectivity index (χ2v) is 30.3. The highest BCUT2D eigenvalue weighted by Crippen LogP contribution is 2.54. The Balaban J connectivity index is 1.35. The molecule has 0 saturated heterocycles.